The van der Waals surface area contributed by atoms with E-state index in [4.69, 9.17) is 9.63 Å². The van der Waals surface area contributed by atoms with Crippen molar-refractivity contribution in [3.8, 4) is 0 Å². The van der Waals surface area contributed by atoms with Gasteiger partial charge in [0.25, 0.3) is 0 Å². The fraction of sp³-hybridized carbons (Fsp3) is 0.364. The summed E-state index contributed by atoms with van der Waals surface area (Å²) in [5.41, 5.74) is 2.35. The Morgan fingerprint density at radius 3 is 2.88 bits per heavy atom. The van der Waals surface area contributed by atoms with Crippen molar-refractivity contribution in [3.63, 3.8) is 0 Å². The molecule has 0 amide bonds. The van der Waals surface area contributed by atoms with Gasteiger partial charge >= 0.3 is 5.97 Å². The molecule has 0 unspecified atom stereocenters. The van der Waals surface area contributed by atoms with Crippen LogP contribution < -0.4 is 0 Å². The normalized spacial score (nSPS) is 10.7. The maximum absolute atomic E-state index is 10.7. The number of nitrogens with zero attached hydrogens (tertiary/aromatic N) is 3. The van der Waals surface area contributed by atoms with Crippen molar-refractivity contribution in [1.82, 2.24) is 14.9 Å². The topological polar surface area (TPSA) is 81.2 Å². The lowest BCUT2D eigenvalue weighted by Crippen LogP contribution is -2.05. The van der Waals surface area contributed by atoms with Gasteiger partial charge in [-0.2, -0.15) is 5.10 Å². The van der Waals surface area contributed by atoms with Crippen LogP contribution in [0.4, 0.5) is 0 Å². The molecule has 0 aliphatic heterocycles. The van der Waals surface area contributed by atoms with Crippen molar-refractivity contribution < 1.29 is 14.4 Å². The monoisotopic (exact) mass is 235 g/mol. The number of carbonyl (C=O) groups is 1. The van der Waals surface area contributed by atoms with E-state index in [0.29, 0.717) is 12.3 Å². The summed E-state index contributed by atoms with van der Waals surface area (Å²) in [4.78, 5) is 10.7. The lowest BCUT2D eigenvalue weighted by atomic mass is 10.1. The molecule has 0 fully saturated rings. The molecule has 0 saturated carbocycles. The third-order valence-corrected chi connectivity index (χ3v) is 2.66. The van der Waals surface area contributed by atoms with E-state index in [1.54, 1.807) is 16.9 Å². The van der Waals surface area contributed by atoms with Crippen LogP contribution in [0.25, 0.3) is 0 Å². The first-order valence-corrected chi connectivity index (χ1v) is 5.22. The average Bonchev–Trinajstić information content (AvgIpc) is 2.83. The van der Waals surface area contributed by atoms with E-state index in [1.807, 2.05) is 13.8 Å². The maximum Gasteiger partial charge on any atom is 0.307 e. The first-order valence-electron chi connectivity index (χ1n) is 5.22. The summed E-state index contributed by atoms with van der Waals surface area (Å²) in [6.45, 7) is 4.13. The first kappa shape index (κ1) is 11.4. The molecule has 0 aliphatic carbocycles. The Labute approximate surface area is 97.8 Å². The van der Waals surface area contributed by atoms with Crippen LogP contribution >= 0.6 is 0 Å². The summed E-state index contributed by atoms with van der Waals surface area (Å²) in [7, 11) is 0. The highest BCUT2D eigenvalue weighted by Gasteiger charge is 2.15. The summed E-state index contributed by atoms with van der Waals surface area (Å²) in [5, 5.41) is 16.7. The van der Waals surface area contributed by atoms with Gasteiger partial charge in [-0.1, -0.05) is 5.16 Å². The van der Waals surface area contributed by atoms with Crippen LogP contribution in [0.1, 0.15) is 22.7 Å². The van der Waals surface area contributed by atoms with Crippen LogP contribution in [-0.4, -0.2) is 26.0 Å². The van der Waals surface area contributed by atoms with E-state index >= 15 is 0 Å². The smallest absolute Gasteiger partial charge is 0.307 e. The number of rotatable bonds is 4. The Bertz CT molecular complexity index is 528. The zero-order valence-corrected chi connectivity index (χ0v) is 9.67. The van der Waals surface area contributed by atoms with Gasteiger partial charge in [0.1, 0.15) is 6.54 Å². The second kappa shape index (κ2) is 4.40. The molecule has 0 saturated heterocycles. The predicted octanol–water partition coefficient (Wildman–Crippen LogP) is 1.16. The van der Waals surface area contributed by atoms with E-state index in [2.05, 4.69) is 10.3 Å². The van der Waals surface area contributed by atoms with Crippen LogP contribution in [-0.2, 0) is 17.8 Å². The van der Waals surface area contributed by atoms with Crippen molar-refractivity contribution in [2.24, 2.45) is 0 Å². The molecule has 0 spiro atoms. The van der Waals surface area contributed by atoms with Gasteiger partial charge in [0.05, 0.1) is 18.3 Å². The van der Waals surface area contributed by atoms with Crippen molar-refractivity contribution in [2.45, 2.75) is 26.8 Å². The highest BCUT2D eigenvalue weighted by molar-refractivity contribution is 5.70. The fourth-order valence-corrected chi connectivity index (χ4v) is 1.77. The lowest BCUT2D eigenvalue weighted by Gasteiger charge is -2.01. The zero-order chi connectivity index (χ0) is 12.4. The highest BCUT2D eigenvalue weighted by Crippen LogP contribution is 2.15. The van der Waals surface area contributed by atoms with Crippen LogP contribution in [0, 0.1) is 13.8 Å². The summed E-state index contributed by atoms with van der Waals surface area (Å²) in [5.74, 6) is -0.159. The molecule has 0 atom stereocenters. The van der Waals surface area contributed by atoms with Gasteiger partial charge in [-0.05, 0) is 13.8 Å². The SMILES string of the molecule is Cc1nn(Cc2ccno2)c(C)c1CC(=O)O. The molecule has 0 aromatic carbocycles. The number of aryl methyl sites for hydroxylation is 1. The van der Waals surface area contributed by atoms with Crippen LogP contribution in [0.5, 0.6) is 0 Å². The second-order valence-electron chi connectivity index (χ2n) is 3.86. The van der Waals surface area contributed by atoms with E-state index < -0.39 is 5.97 Å². The van der Waals surface area contributed by atoms with Gasteiger partial charge in [0.2, 0.25) is 0 Å². The molecule has 0 aliphatic rings. The fourth-order valence-electron chi connectivity index (χ4n) is 1.77. The largest absolute Gasteiger partial charge is 0.481 e. The minimum absolute atomic E-state index is 0.00588. The maximum atomic E-state index is 10.7. The van der Waals surface area contributed by atoms with E-state index in [9.17, 15) is 4.79 Å². The molecule has 2 rings (SSSR count). The number of carboxylic acids is 1. The molecule has 2 aromatic rings. The minimum Gasteiger partial charge on any atom is -0.481 e. The van der Waals surface area contributed by atoms with Crippen LogP contribution in [0.3, 0.4) is 0 Å². The molecule has 0 bridgehead atoms. The van der Waals surface area contributed by atoms with E-state index in [-0.39, 0.29) is 6.42 Å². The molecule has 6 nitrogen and oxygen atoms in total. The Morgan fingerprint density at radius 2 is 2.29 bits per heavy atom. The van der Waals surface area contributed by atoms with Crippen LogP contribution in [0.2, 0.25) is 0 Å². The number of hydrogen-bond acceptors (Lipinski definition) is 4. The lowest BCUT2D eigenvalue weighted by molar-refractivity contribution is -0.136. The molecule has 17 heavy (non-hydrogen) atoms. The van der Waals surface area contributed by atoms with Crippen molar-refractivity contribution >= 4 is 5.97 Å². The van der Waals surface area contributed by atoms with Gasteiger partial charge in [-0.25, -0.2) is 0 Å². The van der Waals surface area contributed by atoms with Crippen molar-refractivity contribution in [1.29, 1.82) is 0 Å². The summed E-state index contributed by atoms with van der Waals surface area (Å²) >= 11 is 0. The van der Waals surface area contributed by atoms with Crippen LogP contribution in [0.15, 0.2) is 16.8 Å². The molecular formula is C11H13N3O3. The quantitative estimate of drug-likeness (QED) is 0.860. The van der Waals surface area contributed by atoms with Gasteiger partial charge in [0.15, 0.2) is 5.76 Å². The Morgan fingerprint density at radius 1 is 1.53 bits per heavy atom. The van der Waals surface area contributed by atoms with Crippen molar-refractivity contribution in [3.05, 3.63) is 35.0 Å². The number of carboxylic acid groups (broad SMARTS) is 1. The summed E-state index contributed by atoms with van der Waals surface area (Å²) in [6, 6.07) is 1.76. The number of aromatic nitrogens is 3. The molecule has 6 heteroatoms. The average molecular weight is 235 g/mol. The van der Waals surface area contributed by atoms with Gasteiger partial charge in [-0.3, -0.25) is 9.48 Å². The Hall–Kier alpha value is -2.11. The van der Waals surface area contributed by atoms with Gasteiger partial charge in [-0.15, -0.1) is 0 Å². The molecule has 2 aromatic heterocycles. The Kier molecular flexibility index (Phi) is 2.95. The highest BCUT2D eigenvalue weighted by atomic mass is 16.5. The zero-order valence-electron chi connectivity index (χ0n) is 9.67. The summed E-state index contributed by atoms with van der Waals surface area (Å²) < 4.78 is 6.73. The minimum atomic E-state index is -0.851. The van der Waals surface area contributed by atoms with Gasteiger partial charge < -0.3 is 9.63 Å². The molecule has 90 valence electrons. The van der Waals surface area contributed by atoms with E-state index in [1.165, 1.54) is 0 Å². The predicted molar refractivity (Wildman–Crippen MR) is 58.6 cm³/mol. The molecule has 1 N–H and O–H groups in total. The second-order valence-corrected chi connectivity index (χ2v) is 3.86. The Balaban J connectivity index is 2.27. The third-order valence-electron chi connectivity index (χ3n) is 2.66. The van der Waals surface area contributed by atoms with Gasteiger partial charge in [0, 0.05) is 17.3 Å². The first-order chi connectivity index (χ1) is 8.08. The number of aliphatic carboxylic acids is 1. The van der Waals surface area contributed by atoms with Crippen molar-refractivity contribution in [2.75, 3.05) is 0 Å². The molecular weight excluding hydrogens is 222 g/mol. The summed E-state index contributed by atoms with van der Waals surface area (Å²) in [6.07, 6.45) is 1.56. The standard InChI is InChI=1S/C11H13N3O3/c1-7-10(5-11(15)16)8(2)14(13-7)6-9-3-4-12-17-9/h3-4H,5-6H2,1-2H3,(H,15,16). The van der Waals surface area contributed by atoms with E-state index in [0.717, 1.165) is 17.0 Å². The third kappa shape index (κ3) is 2.35. The molecule has 0 radical (unpaired) electrons. The molecule has 2 heterocycles. The number of hydrogen-bond donors (Lipinski definition) is 1.